The van der Waals surface area contributed by atoms with Gasteiger partial charge in [0.25, 0.3) is 0 Å². The Bertz CT molecular complexity index is 145. The molecular formula is C6H12N2O3. The molecule has 0 saturated carbocycles. The highest BCUT2D eigenvalue weighted by molar-refractivity contribution is 5.71. The minimum atomic E-state index is -1.24. The number of hydrogen-bond acceptors (Lipinski definition) is 4. The maximum Gasteiger partial charge on any atom is 0.332 e. The molecular weight excluding hydrogens is 148 g/mol. The summed E-state index contributed by atoms with van der Waals surface area (Å²) in [6.07, 6.45) is -0.977. The highest BCUT2D eigenvalue weighted by Crippen LogP contribution is 2.00. The van der Waals surface area contributed by atoms with Gasteiger partial charge in [0.05, 0.1) is 0 Å². The van der Waals surface area contributed by atoms with Crippen LogP contribution in [-0.4, -0.2) is 41.5 Å². The summed E-state index contributed by atoms with van der Waals surface area (Å²) in [4.78, 5) is 10.2. The Balaban J connectivity index is 2.23. The van der Waals surface area contributed by atoms with Crippen LogP contribution in [0.3, 0.4) is 0 Å². The van der Waals surface area contributed by atoms with Gasteiger partial charge in [-0.2, -0.15) is 0 Å². The highest BCUT2D eigenvalue weighted by Gasteiger charge is 2.21. The van der Waals surface area contributed by atoms with E-state index in [9.17, 15) is 4.79 Å². The zero-order chi connectivity index (χ0) is 8.27. The predicted octanol–water partition coefficient (Wildman–Crippen LogP) is -1.66. The second-order valence-electron chi connectivity index (χ2n) is 2.62. The van der Waals surface area contributed by atoms with Crippen molar-refractivity contribution in [1.82, 2.24) is 10.6 Å². The van der Waals surface area contributed by atoms with Crippen molar-refractivity contribution in [2.75, 3.05) is 13.2 Å². The normalized spacial score (nSPS) is 26.8. The van der Waals surface area contributed by atoms with E-state index in [4.69, 9.17) is 10.2 Å². The lowest BCUT2D eigenvalue weighted by Crippen LogP contribution is -2.32. The van der Waals surface area contributed by atoms with E-state index in [1.165, 1.54) is 0 Å². The molecule has 0 amide bonds. The SMILES string of the molecule is O=C(O)C(O)CC1CNCN1. The minimum absolute atomic E-state index is 0.0844. The number of nitrogens with one attached hydrogen (secondary N) is 2. The Morgan fingerprint density at radius 1 is 1.73 bits per heavy atom. The van der Waals surface area contributed by atoms with Crippen LogP contribution in [-0.2, 0) is 4.79 Å². The van der Waals surface area contributed by atoms with Crippen molar-refractivity contribution in [3.8, 4) is 0 Å². The predicted molar refractivity (Wildman–Crippen MR) is 38.1 cm³/mol. The lowest BCUT2D eigenvalue weighted by atomic mass is 10.1. The topological polar surface area (TPSA) is 81.6 Å². The lowest BCUT2D eigenvalue weighted by molar-refractivity contribution is -0.147. The van der Waals surface area contributed by atoms with Crippen LogP contribution in [0.25, 0.3) is 0 Å². The first-order valence-electron chi connectivity index (χ1n) is 3.55. The van der Waals surface area contributed by atoms with Crippen molar-refractivity contribution in [2.45, 2.75) is 18.6 Å². The molecule has 5 nitrogen and oxygen atoms in total. The fraction of sp³-hybridized carbons (Fsp3) is 0.833. The van der Waals surface area contributed by atoms with Crippen LogP contribution >= 0.6 is 0 Å². The van der Waals surface area contributed by atoms with E-state index < -0.39 is 12.1 Å². The Labute approximate surface area is 64.4 Å². The Kier molecular flexibility index (Phi) is 2.81. The molecule has 0 aromatic heterocycles. The molecule has 2 atom stereocenters. The third-order valence-electron chi connectivity index (χ3n) is 1.70. The summed E-state index contributed by atoms with van der Waals surface area (Å²) in [5, 5.41) is 23.3. The minimum Gasteiger partial charge on any atom is -0.479 e. The fourth-order valence-electron chi connectivity index (χ4n) is 1.07. The van der Waals surface area contributed by atoms with Gasteiger partial charge >= 0.3 is 5.97 Å². The molecule has 0 aliphatic carbocycles. The maximum absolute atomic E-state index is 10.2. The van der Waals surface area contributed by atoms with Crippen molar-refractivity contribution in [1.29, 1.82) is 0 Å². The molecule has 1 rings (SSSR count). The average Bonchev–Trinajstić information content (AvgIpc) is 2.39. The summed E-state index contributed by atoms with van der Waals surface area (Å²) >= 11 is 0. The number of hydrogen-bond donors (Lipinski definition) is 4. The van der Waals surface area contributed by atoms with Gasteiger partial charge in [-0.15, -0.1) is 0 Å². The smallest absolute Gasteiger partial charge is 0.332 e. The number of carboxylic acids is 1. The van der Waals surface area contributed by atoms with Crippen LogP contribution < -0.4 is 10.6 Å². The standard InChI is InChI=1S/C6H12N2O3/c9-5(6(10)11)1-4-2-7-3-8-4/h4-5,7-9H,1-3H2,(H,10,11). The van der Waals surface area contributed by atoms with Gasteiger partial charge in [0, 0.05) is 25.7 Å². The van der Waals surface area contributed by atoms with Gasteiger partial charge < -0.3 is 20.8 Å². The Morgan fingerprint density at radius 2 is 2.45 bits per heavy atom. The monoisotopic (exact) mass is 160 g/mol. The van der Waals surface area contributed by atoms with E-state index in [0.29, 0.717) is 6.67 Å². The Hall–Kier alpha value is -0.650. The first-order chi connectivity index (χ1) is 5.20. The summed E-state index contributed by atoms with van der Waals surface area (Å²) in [6, 6.07) is 0.0844. The maximum atomic E-state index is 10.2. The van der Waals surface area contributed by atoms with Gasteiger partial charge in [-0.25, -0.2) is 4.79 Å². The first-order valence-corrected chi connectivity index (χ1v) is 3.55. The largest absolute Gasteiger partial charge is 0.479 e. The van der Waals surface area contributed by atoms with Crippen LogP contribution in [0.15, 0.2) is 0 Å². The average molecular weight is 160 g/mol. The quantitative estimate of drug-likeness (QED) is 0.397. The van der Waals surface area contributed by atoms with Crippen LogP contribution in [0.2, 0.25) is 0 Å². The zero-order valence-corrected chi connectivity index (χ0v) is 6.08. The number of aliphatic hydroxyl groups excluding tert-OH is 1. The van der Waals surface area contributed by atoms with Crippen molar-refractivity contribution in [3.63, 3.8) is 0 Å². The second-order valence-corrected chi connectivity index (χ2v) is 2.62. The summed E-state index contributed by atoms with van der Waals surface area (Å²) in [5.41, 5.74) is 0. The van der Waals surface area contributed by atoms with E-state index in [0.717, 1.165) is 6.54 Å². The zero-order valence-electron chi connectivity index (χ0n) is 6.08. The third kappa shape index (κ3) is 2.45. The third-order valence-corrected chi connectivity index (χ3v) is 1.70. The van der Waals surface area contributed by atoms with Gasteiger partial charge in [-0.3, -0.25) is 0 Å². The molecule has 1 fully saturated rings. The van der Waals surface area contributed by atoms with Gasteiger partial charge in [0.15, 0.2) is 6.10 Å². The van der Waals surface area contributed by atoms with Crippen molar-refractivity contribution < 1.29 is 15.0 Å². The summed E-state index contributed by atoms with van der Waals surface area (Å²) in [6.45, 7) is 1.42. The molecule has 1 saturated heterocycles. The molecule has 2 unspecified atom stereocenters. The lowest BCUT2D eigenvalue weighted by Gasteiger charge is -2.10. The number of rotatable bonds is 3. The van der Waals surface area contributed by atoms with E-state index in [1.807, 2.05) is 0 Å². The summed E-state index contributed by atoms with van der Waals surface area (Å²) in [7, 11) is 0. The van der Waals surface area contributed by atoms with Crippen molar-refractivity contribution >= 4 is 5.97 Å². The molecule has 4 N–H and O–H groups in total. The molecule has 1 heterocycles. The van der Waals surface area contributed by atoms with Crippen LogP contribution in [0.5, 0.6) is 0 Å². The molecule has 0 aromatic rings. The van der Waals surface area contributed by atoms with Crippen LogP contribution in [0.4, 0.5) is 0 Å². The van der Waals surface area contributed by atoms with Crippen LogP contribution in [0.1, 0.15) is 6.42 Å². The van der Waals surface area contributed by atoms with Crippen molar-refractivity contribution in [2.24, 2.45) is 0 Å². The highest BCUT2D eigenvalue weighted by atomic mass is 16.4. The Morgan fingerprint density at radius 3 is 2.91 bits per heavy atom. The molecule has 0 radical (unpaired) electrons. The van der Waals surface area contributed by atoms with E-state index in [-0.39, 0.29) is 12.5 Å². The molecule has 1 aliphatic heterocycles. The number of aliphatic hydroxyl groups is 1. The molecule has 0 aromatic carbocycles. The number of carboxylic acid groups (broad SMARTS) is 1. The van der Waals surface area contributed by atoms with E-state index in [1.54, 1.807) is 0 Å². The van der Waals surface area contributed by atoms with Gasteiger partial charge in [-0.05, 0) is 0 Å². The van der Waals surface area contributed by atoms with Crippen molar-refractivity contribution in [3.05, 3.63) is 0 Å². The molecule has 0 spiro atoms. The van der Waals surface area contributed by atoms with E-state index in [2.05, 4.69) is 10.6 Å². The first kappa shape index (κ1) is 8.45. The van der Waals surface area contributed by atoms with Gasteiger partial charge in [0.2, 0.25) is 0 Å². The number of carbonyl (C=O) groups is 1. The summed E-state index contributed by atoms with van der Waals surface area (Å²) < 4.78 is 0. The molecule has 11 heavy (non-hydrogen) atoms. The fourth-order valence-corrected chi connectivity index (χ4v) is 1.07. The van der Waals surface area contributed by atoms with Gasteiger partial charge in [-0.1, -0.05) is 0 Å². The van der Waals surface area contributed by atoms with E-state index >= 15 is 0 Å². The second kappa shape index (κ2) is 3.66. The van der Waals surface area contributed by atoms with Gasteiger partial charge in [0.1, 0.15) is 0 Å². The molecule has 1 aliphatic rings. The number of aliphatic carboxylic acids is 1. The molecule has 5 heteroatoms. The molecule has 64 valence electrons. The molecule has 0 bridgehead atoms. The van der Waals surface area contributed by atoms with Crippen LogP contribution in [0, 0.1) is 0 Å². The summed E-state index contributed by atoms with van der Waals surface area (Å²) in [5.74, 6) is -1.15.